The molecule has 236 valence electrons. The van der Waals surface area contributed by atoms with Crippen molar-refractivity contribution in [3.05, 3.63) is 192 Å². The van der Waals surface area contributed by atoms with Crippen LogP contribution in [-0.4, -0.2) is 16.2 Å². The van der Waals surface area contributed by atoms with Gasteiger partial charge in [0.05, 0.1) is 27.7 Å². The average Bonchev–Trinajstić information content (AvgIpc) is 3.75. The molecule has 1 aliphatic rings. The van der Waals surface area contributed by atoms with Gasteiger partial charge in [-0.05, 0) is 58.1 Å². The van der Waals surface area contributed by atoms with Gasteiger partial charge in [-0.2, -0.15) is 0 Å². The lowest BCUT2D eigenvalue weighted by Crippen LogP contribution is -2.16. The molecule has 0 saturated heterocycles. The van der Waals surface area contributed by atoms with E-state index in [1.807, 2.05) is 35.6 Å². The highest BCUT2D eigenvalue weighted by Crippen LogP contribution is 2.43. The lowest BCUT2D eigenvalue weighted by Gasteiger charge is -2.32. The summed E-state index contributed by atoms with van der Waals surface area (Å²) in [5.41, 5.74) is 8.80. The van der Waals surface area contributed by atoms with Crippen molar-refractivity contribution in [2.75, 3.05) is 0 Å². The maximum Gasteiger partial charge on any atom is 0.0822 e. The highest BCUT2D eigenvalue weighted by Gasteiger charge is 2.19. The lowest BCUT2D eigenvalue weighted by molar-refractivity contribution is 0.878. The minimum Gasteiger partial charge on any atom is -0.438 e. The summed E-state index contributed by atoms with van der Waals surface area (Å²) in [6, 6.07) is 59.8. The smallest absolute Gasteiger partial charge is 0.0822 e. The summed E-state index contributed by atoms with van der Waals surface area (Å²) >= 11 is 1.87. The predicted octanol–water partition coefficient (Wildman–Crippen LogP) is 12.1. The third-order valence-electron chi connectivity index (χ3n) is 9.59. The summed E-state index contributed by atoms with van der Waals surface area (Å²) in [5.74, 6) is 1.36. The van der Waals surface area contributed by atoms with Gasteiger partial charge in [-0.15, -0.1) is 11.3 Å². The Balaban J connectivity index is 1.10. The van der Waals surface area contributed by atoms with E-state index in [1.165, 1.54) is 47.5 Å². The van der Waals surface area contributed by atoms with Crippen LogP contribution in [-0.2, 0) is 0 Å². The van der Waals surface area contributed by atoms with Gasteiger partial charge in [-0.25, -0.2) is 0 Å². The summed E-state index contributed by atoms with van der Waals surface area (Å²) in [7, 11) is 0. The number of hydrogen-bond acceptors (Lipinski definition) is 3. The van der Waals surface area contributed by atoms with Crippen LogP contribution in [0.4, 0.5) is 0 Å². The number of hydrogen-bond donors (Lipinski definition) is 0. The van der Waals surface area contributed by atoms with Crippen LogP contribution in [0.3, 0.4) is 0 Å². The number of fused-ring (bicyclic) bond motifs is 7. The van der Waals surface area contributed by atoms with Crippen LogP contribution in [0, 0.1) is 0 Å². The fraction of sp³-hybridized carbons (Fsp3) is 0.0222. The topological polar surface area (TPSA) is 43.8 Å². The van der Waals surface area contributed by atoms with Crippen molar-refractivity contribution in [2.45, 2.75) is 6.17 Å². The summed E-state index contributed by atoms with van der Waals surface area (Å²) in [4.78, 5) is 10.2. The molecule has 9 aromatic rings. The predicted molar refractivity (Wildman–Crippen MR) is 211 cm³/mol. The van der Waals surface area contributed by atoms with E-state index in [0.29, 0.717) is 11.7 Å². The van der Waals surface area contributed by atoms with Gasteiger partial charge < -0.3 is 14.9 Å². The Bertz CT molecular complexity index is 2770. The molecular weight excluding hydrogens is 629 g/mol. The first-order chi connectivity index (χ1) is 24.8. The van der Waals surface area contributed by atoms with Crippen molar-refractivity contribution in [1.29, 1.82) is 0 Å². The number of thiophene rings is 1. The molecule has 0 N–H and O–H groups in total. The second kappa shape index (κ2) is 11.7. The highest BCUT2D eigenvalue weighted by atomic mass is 32.1. The van der Waals surface area contributed by atoms with E-state index < -0.39 is 6.17 Å². The molecule has 0 saturated carbocycles. The summed E-state index contributed by atoms with van der Waals surface area (Å²) in [6.07, 6.45) is -0.417. The van der Waals surface area contributed by atoms with Crippen molar-refractivity contribution in [3.63, 3.8) is 0 Å². The molecule has 4 nitrogen and oxygen atoms in total. The molecule has 1 unspecified atom stereocenters. The van der Waals surface area contributed by atoms with Gasteiger partial charge in [-0.3, -0.25) is 4.99 Å². The van der Waals surface area contributed by atoms with Crippen molar-refractivity contribution in [3.8, 4) is 16.8 Å². The first kappa shape index (κ1) is 28.7. The van der Waals surface area contributed by atoms with Crippen LogP contribution in [0.5, 0.6) is 0 Å². The fourth-order valence-corrected chi connectivity index (χ4v) is 8.44. The van der Waals surface area contributed by atoms with Crippen LogP contribution in [0.15, 0.2) is 180 Å². The zero-order valence-corrected chi connectivity index (χ0v) is 27.8. The third kappa shape index (κ3) is 4.74. The molecule has 7 aromatic carbocycles. The monoisotopic (exact) mass is 657 g/mol. The SMILES string of the molecule is c1ccc(C2=NC(c3ccc(-n4c5ccccc5c5ccc6c7ccccc7sc6c54)cc3)=NC(c3cccc(-c4ccccc4)c3)[N-]2)cc1. The summed E-state index contributed by atoms with van der Waals surface area (Å²) < 4.78 is 5.03. The molecule has 0 radical (unpaired) electrons. The number of benzene rings is 7. The molecule has 3 heterocycles. The van der Waals surface area contributed by atoms with Gasteiger partial charge in [0.1, 0.15) is 0 Å². The second-order valence-electron chi connectivity index (χ2n) is 12.6. The van der Waals surface area contributed by atoms with E-state index >= 15 is 0 Å². The molecule has 2 aromatic heterocycles. The maximum absolute atomic E-state index is 5.15. The van der Waals surface area contributed by atoms with Crippen LogP contribution in [0.2, 0.25) is 0 Å². The molecule has 0 amide bonds. The molecule has 0 fully saturated rings. The van der Waals surface area contributed by atoms with Gasteiger partial charge in [0.2, 0.25) is 0 Å². The number of nitrogens with zero attached hydrogens (tertiary/aromatic N) is 4. The number of aromatic nitrogens is 1. The van der Waals surface area contributed by atoms with Gasteiger partial charge in [0, 0.05) is 31.9 Å². The highest BCUT2D eigenvalue weighted by molar-refractivity contribution is 7.26. The van der Waals surface area contributed by atoms with Crippen molar-refractivity contribution in [2.24, 2.45) is 9.98 Å². The second-order valence-corrected chi connectivity index (χ2v) is 13.6. The molecule has 0 spiro atoms. The summed E-state index contributed by atoms with van der Waals surface area (Å²) in [6.45, 7) is 0. The van der Waals surface area contributed by atoms with Crippen LogP contribution >= 0.6 is 11.3 Å². The molecule has 5 heteroatoms. The molecule has 1 aliphatic heterocycles. The van der Waals surface area contributed by atoms with E-state index in [2.05, 4.69) is 150 Å². The van der Waals surface area contributed by atoms with E-state index in [-0.39, 0.29) is 0 Å². The Hall–Kier alpha value is -6.30. The number of para-hydroxylation sites is 1. The van der Waals surface area contributed by atoms with Crippen molar-refractivity contribution >= 4 is 65.0 Å². The van der Waals surface area contributed by atoms with Crippen LogP contribution in [0.1, 0.15) is 22.9 Å². The lowest BCUT2D eigenvalue weighted by atomic mass is 10.0. The number of amidine groups is 2. The van der Waals surface area contributed by atoms with Crippen molar-refractivity contribution in [1.82, 2.24) is 4.57 Å². The van der Waals surface area contributed by atoms with Gasteiger partial charge in [0.15, 0.2) is 0 Å². The first-order valence-electron chi connectivity index (χ1n) is 16.8. The molecule has 10 rings (SSSR count). The average molecular weight is 658 g/mol. The zero-order chi connectivity index (χ0) is 33.0. The Labute approximate surface area is 293 Å². The normalized spacial score (nSPS) is 14.6. The van der Waals surface area contributed by atoms with E-state index in [9.17, 15) is 0 Å². The van der Waals surface area contributed by atoms with E-state index in [1.54, 1.807) is 0 Å². The Morgan fingerprint density at radius 2 is 1.20 bits per heavy atom. The first-order valence-corrected chi connectivity index (χ1v) is 17.6. The Kier molecular flexibility index (Phi) is 6.71. The largest absolute Gasteiger partial charge is 0.438 e. The van der Waals surface area contributed by atoms with E-state index in [0.717, 1.165) is 27.9 Å². The van der Waals surface area contributed by atoms with Crippen LogP contribution < -0.4 is 0 Å². The van der Waals surface area contributed by atoms with E-state index in [4.69, 9.17) is 15.3 Å². The van der Waals surface area contributed by atoms with Gasteiger partial charge in [-0.1, -0.05) is 145 Å². The standard InChI is InChI=1S/C45H29N4S/c1-3-12-29(13-4-1)32-16-11-17-33(28-32)45-47-43(30-14-5-2-6-15-30)46-44(48-45)31-22-24-34(25-23-31)49-39-20-9-7-18-35(39)37-26-27-38-36-19-8-10-21-40(36)50-42(38)41(37)49/h1-28,45H/q-1. The van der Waals surface area contributed by atoms with Gasteiger partial charge in [0.25, 0.3) is 0 Å². The third-order valence-corrected chi connectivity index (χ3v) is 10.8. The minimum atomic E-state index is -0.417. The quantitative estimate of drug-likeness (QED) is 0.177. The zero-order valence-electron chi connectivity index (χ0n) is 26.9. The van der Waals surface area contributed by atoms with Gasteiger partial charge >= 0.3 is 0 Å². The van der Waals surface area contributed by atoms with Crippen LogP contribution in [0.25, 0.3) is 64.1 Å². The Morgan fingerprint density at radius 3 is 2.02 bits per heavy atom. The fourth-order valence-electron chi connectivity index (χ4n) is 7.20. The molecule has 50 heavy (non-hydrogen) atoms. The molecular formula is C45H29N4S-. The Morgan fingerprint density at radius 1 is 0.520 bits per heavy atom. The molecule has 0 aliphatic carbocycles. The molecule has 1 atom stereocenters. The minimum absolute atomic E-state index is 0.417. The van der Waals surface area contributed by atoms with Crippen molar-refractivity contribution < 1.29 is 0 Å². The maximum atomic E-state index is 5.15. The number of aliphatic imine (C=N–C) groups is 2. The molecule has 0 bridgehead atoms. The number of rotatable bonds is 5. The summed E-state index contributed by atoms with van der Waals surface area (Å²) in [5, 5.41) is 10.2.